The van der Waals surface area contributed by atoms with Gasteiger partial charge in [-0.3, -0.25) is 4.79 Å². The van der Waals surface area contributed by atoms with E-state index in [9.17, 15) is 4.79 Å². The van der Waals surface area contributed by atoms with Crippen LogP contribution in [0.2, 0.25) is 0 Å². The Morgan fingerprint density at radius 2 is 1.80 bits per heavy atom. The van der Waals surface area contributed by atoms with Crippen molar-refractivity contribution in [2.24, 2.45) is 0 Å². The molecule has 2 rings (SSSR count). The van der Waals surface area contributed by atoms with Gasteiger partial charge in [-0.2, -0.15) is 0 Å². The average Bonchev–Trinajstić information content (AvgIpc) is 2.48. The Morgan fingerprint density at radius 1 is 1.05 bits per heavy atom. The standard InChI is InChI=1S/C18H19ClO/c1-2-3-5-8-14-11-12-16(17(13-14)18(19)20)15-9-6-4-7-10-15/h4,6-7,9-13H,2-3,5,8H2,1H3. The number of carbonyl (C=O) groups excluding carboxylic acids is 1. The largest absolute Gasteiger partial charge is 0.276 e. The van der Waals surface area contributed by atoms with Gasteiger partial charge in [0.05, 0.1) is 0 Å². The van der Waals surface area contributed by atoms with Crippen LogP contribution in [0.5, 0.6) is 0 Å². The average molecular weight is 287 g/mol. The lowest BCUT2D eigenvalue weighted by Gasteiger charge is -2.09. The molecule has 104 valence electrons. The number of unbranched alkanes of at least 4 members (excludes halogenated alkanes) is 2. The Kier molecular flexibility index (Phi) is 5.37. The van der Waals surface area contributed by atoms with E-state index in [1.54, 1.807) is 0 Å². The summed E-state index contributed by atoms with van der Waals surface area (Å²) >= 11 is 5.75. The van der Waals surface area contributed by atoms with Crippen molar-refractivity contribution >= 4 is 16.8 Å². The lowest BCUT2D eigenvalue weighted by atomic mass is 9.96. The highest BCUT2D eigenvalue weighted by Crippen LogP contribution is 2.26. The third-order valence-electron chi connectivity index (χ3n) is 3.45. The summed E-state index contributed by atoms with van der Waals surface area (Å²) in [5, 5.41) is -0.388. The molecule has 0 fully saturated rings. The van der Waals surface area contributed by atoms with Crippen molar-refractivity contribution in [2.75, 3.05) is 0 Å². The summed E-state index contributed by atoms with van der Waals surface area (Å²) < 4.78 is 0. The van der Waals surface area contributed by atoms with E-state index in [1.165, 1.54) is 18.4 Å². The fourth-order valence-corrected chi connectivity index (χ4v) is 2.51. The molecule has 0 amide bonds. The van der Waals surface area contributed by atoms with Gasteiger partial charge in [-0.15, -0.1) is 0 Å². The molecule has 0 N–H and O–H groups in total. The van der Waals surface area contributed by atoms with Crippen LogP contribution in [0.1, 0.15) is 42.1 Å². The van der Waals surface area contributed by atoms with Crippen LogP contribution in [0, 0.1) is 0 Å². The van der Waals surface area contributed by atoms with Gasteiger partial charge in [0, 0.05) is 5.56 Å². The van der Waals surface area contributed by atoms with Gasteiger partial charge in [0.15, 0.2) is 0 Å². The smallest absolute Gasteiger partial charge is 0.253 e. The maximum Gasteiger partial charge on any atom is 0.253 e. The lowest BCUT2D eigenvalue weighted by Crippen LogP contribution is -1.97. The first-order chi connectivity index (χ1) is 9.72. The number of hydrogen-bond acceptors (Lipinski definition) is 1. The Hall–Kier alpha value is -1.60. The summed E-state index contributed by atoms with van der Waals surface area (Å²) in [7, 11) is 0. The van der Waals surface area contributed by atoms with Gasteiger partial charge in [0.1, 0.15) is 0 Å². The van der Waals surface area contributed by atoms with Gasteiger partial charge in [-0.05, 0) is 47.2 Å². The molecule has 2 aromatic rings. The van der Waals surface area contributed by atoms with E-state index in [0.29, 0.717) is 5.56 Å². The molecule has 0 aliphatic carbocycles. The number of hydrogen-bond donors (Lipinski definition) is 0. The Bertz CT molecular complexity index is 575. The SMILES string of the molecule is CCCCCc1ccc(-c2ccccc2)c(C(=O)Cl)c1. The highest BCUT2D eigenvalue weighted by molar-refractivity contribution is 6.68. The second kappa shape index (κ2) is 7.25. The van der Waals surface area contributed by atoms with Gasteiger partial charge in [-0.1, -0.05) is 62.2 Å². The molecule has 0 aromatic heterocycles. The number of aryl methyl sites for hydroxylation is 1. The van der Waals surface area contributed by atoms with E-state index in [2.05, 4.69) is 13.0 Å². The molecule has 0 aliphatic heterocycles. The second-order valence-electron chi connectivity index (χ2n) is 4.98. The van der Waals surface area contributed by atoms with Gasteiger partial charge >= 0.3 is 0 Å². The molecule has 0 unspecified atom stereocenters. The van der Waals surface area contributed by atoms with Gasteiger partial charge in [-0.25, -0.2) is 0 Å². The summed E-state index contributed by atoms with van der Waals surface area (Å²) in [5.74, 6) is 0. The van der Waals surface area contributed by atoms with E-state index in [-0.39, 0.29) is 5.24 Å². The summed E-state index contributed by atoms with van der Waals surface area (Å²) in [4.78, 5) is 11.7. The molecule has 20 heavy (non-hydrogen) atoms. The van der Waals surface area contributed by atoms with Crippen molar-refractivity contribution in [3.05, 3.63) is 59.7 Å². The molecule has 0 radical (unpaired) electrons. The van der Waals surface area contributed by atoms with Crippen molar-refractivity contribution in [1.29, 1.82) is 0 Å². The predicted molar refractivity (Wildman–Crippen MR) is 85.3 cm³/mol. The first kappa shape index (κ1) is 14.8. The van der Waals surface area contributed by atoms with Crippen LogP contribution in [0.4, 0.5) is 0 Å². The third kappa shape index (κ3) is 3.71. The number of carbonyl (C=O) groups is 1. The predicted octanol–water partition coefficient (Wildman–Crippen LogP) is 5.47. The van der Waals surface area contributed by atoms with Crippen molar-refractivity contribution in [1.82, 2.24) is 0 Å². The zero-order chi connectivity index (χ0) is 14.4. The van der Waals surface area contributed by atoms with Crippen LogP contribution in [0.25, 0.3) is 11.1 Å². The first-order valence-corrected chi connectivity index (χ1v) is 7.48. The Labute approximate surface area is 125 Å². The van der Waals surface area contributed by atoms with E-state index in [0.717, 1.165) is 24.0 Å². The summed E-state index contributed by atoms with van der Waals surface area (Å²) in [6.07, 6.45) is 4.56. The van der Waals surface area contributed by atoms with Gasteiger partial charge in [0.2, 0.25) is 0 Å². The Morgan fingerprint density at radius 3 is 2.45 bits per heavy atom. The number of halogens is 1. The minimum Gasteiger partial charge on any atom is -0.276 e. The normalized spacial score (nSPS) is 10.5. The van der Waals surface area contributed by atoms with E-state index in [4.69, 9.17) is 11.6 Å². The molecule has 0 spiro atoms. The van der Waals surface area contributed by atoms with E-state index >= 15 is 0 Å². The minimum absolute atomic E-state index is 0.388. The molecule has 0 saturated heterocycles. The van der Waals surface area contributed by atoms with Gasteiger partial charge < -0.3 is 0 Å². The maximum atomic E-state index is 11.7. The van der Waals surface area contributed by atoms with E-state index < -0.39 is 0 Å². The monoisotopic (exact) mass is 286 g/mol. The molecule has 0 aliphatic rings. The van der Waals surface area contributed by atoms with Crippen LogP contribution >= 0.6 is 11.6 Å². The lowest BCUT2D eigenvalue weighted by molar-refractivity contribution is 0.108. The summed E-state index contributed by atoms with van der Waals surface area (Å²) in [6, 6.07) is 15.9. The van der Waals surface area contributed by atoms with Gasteiger partial charge in [0.25, 0.3) is 5.24 Å². The van der Waals surface area contributed by atoms with Crippen molar-refractivity contribution < 1.29 is 4.79 Å². The molecule has 2 heteroatoms. The summed E-state index contributed by atoms with van der Waals surface area (Å²) in [5.41, 5.74) is 3.72. The quantitative estimate of drug-likeness (QED) is 0.509. The number of benzene rings is 2. The highest BCUT2D eigenvalue weighted by atomic mass is 35.5. The van der Waals surface area contributed by atoms with Crippen LogP contribution in [0.15, 0.2) is 48.5 Å². The minimum atomic E-state index is -0.388. The fraction of sp³-hybridized carbons (Fsp3) is 0.278. The topological polar surface area (TPSA) is 17.1 Å². The molecule has 0 heterocycles. The fourth-order valence-electron chi connectivity index (χ4n) is 2.36. The van der Waals surface area contributed by atoms with Crippen molar-refractivity contribution in [3.8, 4) is 11.1 Å². The van der Waals surface area contributed by atoms with E-state index in [1.807, 2.05) is 42.5 Å². The molecule has 1 nitrogen and oxygen atoms in total. The maximum absolute atomic E-state index is 11.7. The molecular weight excluding hydrogens is 268 g/mol. The van der Waals surface area contributed by atoms with Crippen LogP contribution in [0.3, 0.4) is 0 Å². The Balaban J connectivity index is 2.32. The molecule has 0 saturated carbocycles. The summed E-state index contributed by atoms with van der Waals surface area (Å²) in [6.45, 7) is 2.19. The van der Waals surface area contributed by atoms with Crippen LogP contribution in [-0.4, -0.2) is 5.24 Å². The molecular formula is C18H19ClO. The zero-order valence-corrected chi connectivity index (χ0v) is 12.5. The zero-order valence-electron chi connectivity index (χ0n) is 11.7. The second-order valence-corrected chi connectivity index (χ2v) is 5.32. The van der Waals surface area contributed by atoms with Crippen molar-refractivity contribution in [3.63, 3.8) is 0 Å². The van der Waals surface area contributed by atoms with Crippen molar-refractivity contribution in [2.45, 2.75) is 32.6 Å². The highest BCUT2D eigenvalue weighted by Gasteiger charge is 2.11. The first-order valence-electron chi connectivity index (χ1n) is 7.10. The third-order valence-corrected chi connectivity index (χ3v) is 3.65. The van der Waals surface area contributed by atoms with Crippen LogP contribution in [-0.2, 0) is 6.42 Å². The molecule has 0 atom stereocenters. The number of rotatable bonds is 6. The molecule has 2 aromatic carbocycles. The van der Waals surface area contributed by atoms with Crippen LogP contribution < -0.4 is 0 Å². The molecule has 0 bridgehead atoms.